The fourth-order valence-corrected chi connectivity index (χ4v) is 8.08. The van der Waals surface area contributed by atoms with E-state index in [-0.39, 0.29) is 35.0 Å². The summed E-state index contributed by atoms with van der Waals surface area (Å²) in [6.07, 6.45) is 6.19. The lowest BCUT2D eigenvalue weighted by atomic mass is 9.51. The first-order valence-electron chi connectivity index (χ1n) is 19.4. The van der Waals surface area contributed by atoms with Crippen LogP contribution in [0.15, 0.2) is 0 Å². The molecule has 1 saturated carbocycles. The van der Waals surface area contributed by atoms with Crippen molar-refractivity contribution in [3.05, 3.63) is 0 Å². The van der Waals surface area contributed by atoms with Crippen molar-refractivity contribution in [3.63, 3.8) is 0 Å². The zero-order valence-corrected chi connectivity index (χ0v) is 33.8. The molecule has 0 radical (unpaired) electrons. The van der Waals surface area contributed by atoms with E-state index < -0.39 is 64.7 Å². The molecule has 0 aromatic heterocycles. The smallest absolute Gasteiger partial charge is 0.316 e. The van der Waals surface area contributed by atoms with Crippen LogP contribution in [0.2, 0.25) is 0 Å². The van der Waals surface area contributed by atoms with Crippen molar-refractivity contribution in [1.82, 2.24) is 25.8 Å². The van der Waals surface area contributed by atoms with Crippen LogP contribution < -0.4 is 21.7 Å². The number of carbonyl (C=O) groups is 6. The number of unbranched alkanes of at least 4 members (excludes halogenated alkanes) is 2. The van der Waals surface area contributed by atoms with Crippen LogP contribution in [0.25, 0.3) is 0 Å². The molecule has 0 aromatic carbocycles. The Kier molecular flexibility index (Phi) is 14.0. The number of rotatable bonds is 15. The molecule has 2 aliphatic heterocycles. The minimum atomic E-state index is -1.11. The predicted octanol–water partition coefficient (Wildman–Crippen LogP) is 3.92. The van der Waals surface area contributed by atoms with Crippen molar-refractivity contribution in [3.8, 4) is 0 Å². The number of likely N-dealkylation sites (tertiary alicyclic amines) is 1. The van der Waals surface area contributed by atoms with Crippen LogP contribution in [-0.4, -0.2) is 101 Å². The third-order valence-electron chi connectivity index (χ3n) is 12.4. The third kappa shape index (κ3) is 9.65. The van der Waals surface area contributed by atoms with E-state index in [1.165, 1.54) is 0 Å². The van der Waals surface area contributed by atoms with Gasteiger partial charge in [0, 0.05) is 13.1 Å². The van der Waals surface area contributed by atoms with Gasteiger partial charge in [0.15, 0.2) is 0 Å². The van der Waals surface area contributed by atoms with Crippen LogP contribution in [-0.2, 0) is 28.7 Å². The van der Waals surface area contributed by atoms with E-state index in [0.29, 0.717) is 39.1 Å². The van der Waals surface area contributed by atoms with E-state index in [0.717, 1.165) is 32.1 Å². The Bertz CT molecular complexity index is 1330. The molecule has 2 saturated heterocycles. The summed E-state index contributed by atoms with van der Waals surface area (Å²) in [5.74, 6) is -3.42. The van der Waals surface area contributed by atoms with Crippen molar-refractivity contribution >= 4 is 35.4 Å². The number of primary amides is 1. The van der Waals surface area contributed by atoms with Gasteiger partial charge in [-0.3, -0.25) is 24.0 Å². The molecule has 13 nitrogen and oxygen atoms in total. The van der Waals surface area contributed by atoms with Crippen molar-refractivity contribution < 1.29 is 33.5 Å². The Labute approximate surface area is 311 Å². The highest BCUT2D eigenvalue weighted by Crippen LogP contribution is 2.59. The number of nitrogens with one attached hydrogen (secondary N) is 3. The number of carbonyl (C=O) groups excluding carboxylic acids is 6. The minimum absolute atomic E-state index is 0.0391. The Morgan fingerprint density at radius 2 is 1.56 bits per heavy atom. The normalized spacial score (nSPS) is 23.2. The fourth-order valence-electron chi connectivity index (χ4n) is 8.08. The van der Waals surface area contributed by atoms with Crippen LogP contribution in [0.3, 0.4) is 0 Å². The van der Waals surface area contributed by atoms with Gasteiger partial charge in [0.05, 0.1) is 24.8 Å². The Balaban J connectivity index is 1.92. The highest BCUT2D eigenvalue weighted by molar-refractivity contribution is 6.37. The molecule has 3 unspecified atom stereocenters. The van der Waals surface area contributed by atoms with E-state index in [1.807, 2.05) is 55.4 Å². The van der Waals surface area contributed by atoms with Gasteiger partial charge in [-0.05, 0) is 67.6 Å². The topological polar surface area (TPSA) is 180 Å². The van der Waals surface area contributed by atoms with Gasteiger partial charge >= 0.3 is 6.03 Å². The summed E-state index contributed by atoms with van der Waals surface area (Å²) >= 11 is 0. The quantitative estimate of drug-likeness (QED) is 0.146. The van der Waals surface area contributed by atoms with Crippen molar-refractivity contribution in [2.45, 2.75) is 157 Å². The molecule has 0 bridgehead atoms. The number of hydrogen-bond donors (Lipinski definition) is 4. The second kappa shape index (κ2) is 16.8. The summed E-state index contributed by atoms with van der Waals surface area (Å²) in [5.41, 5.74) is 3.87. The van der Waals surface area contributed by atoms with Gasteiger partial charge in [-0.1, -0.05) is 88.0 Å². The van der Waals surface area contributed by atoms with E-state index in [1.54, 1.807) is 9.80 Å². The number of ketones is 1. The predicted molar refractivity (Wildman–Crippen MR) is 200 cm³/mol. The van der Waals surface area contributed by atoms with Gasteiger partial charge in [-0.15, -0.1) is 0 Å². The lowest BCUT2D eigenvalue weighted by molar-refractivity contribution is -0.149. The van der Waals surface area contributed by atoms with Crippen molar-refractivity contribution in [2.75, 3.05) is 26.3 Å². The van der Waals surface area contributed by atoms with Crippen LogP contribution in [0, 0.1) is 28.1 Å². The summed E-state index contributed by atoms with van der Waals surface area (Å²) in [5, 5.41) is 8.55. The van der Waals surface area contributed by atoms with Gasteiger partial charge in [0.1, 0.15) is 18.1 Å². The van der Waals surface area contributed by atoms with E-state index in [2.05, 4.69) is 36.7 Å². The number of ether oxygens (including phenoxy) is 1. The van der Waals surface area contributed by atoms with E-state index in [9.17, 15) is 28.8 Å². The Morgan fingerprint density at radius 3 is 2.06 bits per heavy atom. The number of amides is 6. The van der Waals surface area contributed by atoms with Gasteiger partial charge in [0.2, 0.25) is 23.5 Å². The lowest BCUT2D eigenvalue weighted by Crippen LogP contribution is -2.64. The minimum Gasteiger partial charge on any atom is -0.377 e. The van der Waals surface area contributed by atoms with Gasteiger partial charge in [-0.2, -0.15) is 0 Å². The molecular formula is C39H68N6O7. The van der Waals surface area contributed by atoms with Crippen molar-refractivity contribution in [2.24, 2.45) is 33.8 Å². The number of nitrogens with zero attached hydrogens (tertiary/aromatic N) is 2. The first kappa shape index (κ1) is 43.2. The first-order valence-corrected chi connectivity index (χ1v) is 19.4. The molecule has 0 spiro atoms. The molecule has 3 aliphatic rings. The summed E-state index contributed by atoms with van der Waals surface area (Å²) in [4.78, 5) is 84.5. The average Bonchev–Trinajstić information content (AvgIpc) is 3.49. The van der Waals surface area contributed by atoms with Gasteiger partial charge < -0.3 is 36.2 Å². The molecule has 5 N–H and O–H groups in total. The zero-order chi connectivity index (χ0) is 39.4. The maximum atomic E-state index is 14.7. The van der Waals surface area contributed by atoms with Gasteiger partial charge in [-0.25, -0.2) is 4.79 Å². The van der Waals surface area contributed by atoms with E-state index in [4.69, 9.17) is 10.5 Å². The molecule has 13 heteroatoms. The number of nitrogens with two attached hydrogens (primary N) is 1. The van der Waals surface area contributed by atoms with Gasteiger partial charge in [0.25, 0.3) is 5.91 Å². The number of Topliss-reactive ketones (excluding diaryl/α,β-unsaturated/α-hetero) is 1. The molecule has 52 heavy (non-hydrogen) atoms. The third-order valence-corrected chi connectivity index (χ3v) is 12.4. The molecular weight excluding hydrogens is 664 g/mol. The Hall–Kier alpha value is -3.22. The molecule has 3 fully saturated rings. The summed E-state index contributed by atoms with van der Waals surface area (Å²) in [7, 11) is 0. The summed E-state index contributed by atoms with van der Waals surface area (Å²) in [6.45, 7) is 23.3. The lowest BCUT2D eigenvalue weighted by Gasteiger charge is -2.54. The summed E-state index contributed by atoms with van der Waals surface area (Å²) < 4.78 is 5.60. The molecule has 6 amide bonds. The summed E-state index contributed by atoms with van der Waals surface area (Å²) in [6, 6.07) is -4.58. The highest BCUT2D eigenvalue weighted by atomic mass is 16.5. The fraction of sp³-hybridized carbons (Fsp3) is 0.846. The molecule has 296 valence electrons. The molecule has 0 aromatic rings. The van der Waals surface area contributed by atoms with Crippen LogP contribution >= 0.6 is 0 Å². The van der Waals surface area contributed by atoms with E-state index >= 15 is 0 Å². The van der Waals surface area contributed by atoms with Crippen LogP contribution in [0.1, 0.15) is 128 Å². The number of morpholine rings is 1. The van der Waals surface area contributed by atoms with Crippen LogP contribution in [0.4, 0.5) is 4.79 Å². The maximum absolute atomic E-state index is 14.7. The second-order valence-corrected chi connectivity index (χ2v) is 18.4. The standard InChI is InChI=1S/C39H68N6O7/c1-12-13-14-16-26(29(46)31(40)47)41-32(48)27-21-25(38(9,10)39(11)17-15-18-39)22-44(27)34(50)30(36(4,5)6)43-35(51)42-28(24(2)3)33(49)45-19-20-52-23-37(45,7)8/h24-28,30H,12-23H2,1-11H3,(H2,40,47)(H,41,48)(H2,42,43,51)/t25?,26?,27-,28?,30-/m0/s1. The monoisotopic (exact) mass is 733 g/mol. The SMILES string of the molecule is CCCCCC(NC(=O)[C@@H]1CC(C(C)(C)C2(C)CCC2)CN1C(=O)[C@H](NC(=O)NC(C(=O)N1CCOCC1(C)C)C(C)C)C(C)(C)C)C(=O)C(N)=O. The molecule has 1 aliphatic carbocycles. The maximum Gasteiger partial charge on any atom is 0.316 e. The average molecular weight is 733 g/mol. The first-order chi connectivity index (χ1) is 24.0. The zero-order valence-electron chi connectivity index (χ0n) is 33.8. The van der Waals surface area contributed by atoms with Crippen LogP contribution in [0.5, 0.6) is 0 Å². The number of hydrogen-bond acceptors (Lipinski definition) is 7. The number of urea groups is 1. The molecule has 3 rings (SSSR count). The molecule has 5 atom stereocenters. The molecule has 2 heterocycles. The Morgan fingerprint density at radius 1 is 0.923 bits per heavy atom. The largest absolute Gasteiger partial charge is 0.377 e. The highest BCUT2D eigenvalue weighted by Gasteiger charge is 2.55. The second-order valence-electron chi connectivity index (χ2n) is 18.4. The van der Waals surface area contributed by atoms with Crippen molar-refractivity contribution in [1.29, 1.82) is 0 Å².